The fraction of sp³-hybridized carbons (Fsp3) is 0.0714. The Balaban J connectivity index is 1.96. The molecule has 2 rings (SSSR count). The highest BCUT2D eigenvalue weighted by atomic mass is 79.9. The maximum absolute atomic E-state index is 13.5. The van der Waals surface area contributed by atoms with Gasteiger partial charge in [0.15, 0.2) is 0 Å². The zero-order valence-corrected chi connectivity index (χ0v) is 12.6. The number of nitrogens with one attached hydrogen (secondary N) is 2. The molecule has 0 unspecified atom stereocenters. The van der Waals surface area contributed by atoms with E-state index in [9.17, 15) is 9.18 Å². The highest BCUT2D eigenvalue weighted by Gasteiger charge is 2.10. The molecule has 0 bridgehead atoms. The second-order valence-corrected chi connectivity index (χ2v) is 5.36. The van der Waals surface area contributed by atoms with Crippen LogP contribution in [-0.4, -0.2) is 6.03 Å². The van der Waals surface area contributed by atoms with Gasteiger partial charge in [0.1, 0.15) is 5.82 Å². The molecule has 20 heavy (non-hydrogen) atoms. The molecule has 0 aromatic heterocycles. The minimum absolute atomic E-state index is 0.0269. The molecule has 2 aromatic rings. The third kappa shape index (κ3) is 3.95. The van der Waals surface area contributed by atoms with Gasteiger partial charge in [-0.1, -0.05) is 45.7 Å². The average molecular weight is 358 g/mol. The first kappa shape index (κ1) is 14.8. The summed E-state index contributed by atoms with van der Waals surface area (Å²) in [4.78, 5) is 11.7. The molecule has 2 amide bonds. The zero-order chi connectivity index (χ0) is 14.5. The van der Waals surface area contributed by atoms with Crippen LogP contribution in [-0.2, 0) is 6.54 Å². The van der Waals surface area contributed by atoms with Crippen LogP contribution in [0, 0.1) is 5.82 Å². The van der Waals surface area contributed by atoms with Gasteiger partial charge in [0, 0.05) is 11.0 Å². The molecule has 3 nitrogen and oxygen atoms in total. The molecule has 0 saturated heterocycles. The van der Waals surface area contributed by atoms with Crippen LogP contribution in [0.3, 0.4) is 0 Å². The Bertz CT molecular complexity index is 616. The van der Waals surface area contributed by atoms with E-state index in [0.29, 0.717) is 6.54 Å². The maximum atomic E-state index is 13.5. The highest BCUT2D eigenvalue weighted by molar-refractivity contribution is 9.10. The molecule has 6 heteroatoms. The van der Waals surface area contributed by atoms with Crippen molar-refractivity contribution in [2.75, 3.05) is 5.32 Å². The smallest absolute Gasteiger partial charge is 0.319 e. The van der Waals surface area contributed by atoms with E-state index in [1.165, 1.54) is 18.2 Å². The van der Waals surface area contributed by atoms with E-state index in [0.717, 1.165) is 10.0 Å². The molecule has 0 aliphatic rings. The highest BCUT2D eigenvalue weighted by Crippen LogP contribution is 2.24. The number of hydrogen-bond acceptors (Lipinski definition) is 1. The lowest BCUT2D eigenvalue weighted by atomic mass is 10.2. The second kappa shape index (κ2) is 6.72. The van der Waals surface area contributed by atoms with Crippen molar-refractivity contribution in [1.82, 2.24) is 5.32 Å². The Morgan fingerprint density at radius 1 is 1.25 bits per heavy atom. The van der Waals surface area contributed by atoms with Gasteiger partial charge in [-0.15, -0.1) is 0 Å². The molecule has 0 saturated carbocycles. The first-order chi connectivity index (χ1) is 9.56. The maximum Gasteiger partial charge on any atom is 0.319 e. The normalized spacial score (nSPS) is 10.2. The van der Waals surface area contributed by atoms with Gasteiger partial charge in [-0.3, -0.25) is 0 Å². The number of halogens is 3. The van der Waals surface area contributed by atoms with Crippen LogP contribution in [0.1, 0.15) is 5.56 Å². The average Bonchev–Trinajstić information content (AvgIpc) is 2.41. The lowest BCUT2D eigenvalue weighted by molar-refractivity contribution is 0.251. The van der Waals surface area contributed by atoms with Gasteiger partial charge >= 0.3 is 6.03 Å². The van der Waals surface area contributed by atoms with E-state index in [1.54, 1.807) is 0 Å². The molecule has 2 N–H and O–H groups in total. The van der Waals surface area contributed by atoms with Gasteiger partial charge in [0.2, 0.25) is 0 Å². The number of carbonyl (C=O) groups excluding carboxylic acids is 1. The van der Waals surface area contributed by atoms with Crippen LogP contribution >= 0.6 is 27.5 Å². The standard InChI is InChI=1S/C14H11BrClFN2O/c15-10-4-1-3-9(7-10)8-18-14(20)19-13-11(16)5-2-6-12(13)17/h1-7H,8H2,(H2,18,19,20). The van der Waals surface area contributed by atoms with E-state index >= 15 is 0 Å². The van der Waals surface area contributed by atoms with E-state index in [2.05, 4.69) is 26.6 Å². The Morgan fingerprint density at radius 3 is 2.70 bits per heavy atom. The van der Waals surface area contributed by atoms with Crippen molar-refractivity contribution in [1.29, 1.82) is 0 Å². The van der Waals surface area contributed by atoms with Crippen LogP contribution in [0.15, 0.2) is 46.9 Å². The fourth-order valence-electron chi connectivity index (χ4n) is 1.60. The van der Waals surface area contributed by atoms with Gasteiger partial charge in [-0.05, 0) is 29.8 Å². The van der Waals surface area contributed by atoms with E-state index < -0.39 is 11.8 Å². The molecule has 0 heterocycles. The number of urea groups is 1. The summed E-state index contributed by atoms with van der Waals surface area (Å²) < 4.78 is 14.4. The SMILES string of the molecule is O=C(NCc1cccc(Br)c1)Nc1c(F)cccc1Cl. The third-order valence-electron chi connectivity index (χ3n) is 2.54. The topological polar surface area (TPSA) is 41.1 Å². The summed E-state index contributed by atoms with van der Waals surface area (Å²) >= 11 is 9.17. The summed E-state index contributed by atoms with van der Waals surface area (Å²) in [7, 11) is 0. The predicted octanol–water partition coefficient (Wildman–Crippen LogP) is 4.56. The van der Waals surface area contributed by atoms with Gasteiger partial charge in [-0.25, -0.2) is 9.18 Å². The Morgan fingerprint density at radius 2 is 2.00 bits per heavy atom. The molecular formula is C14H11BrClFN2O. The molecule has 0 fully saturated rings. The number of rotatable bonds is 3. The molecule has 104 valence electrons. The molecule has 0 aliphatic heterocycles. The van der Waals surface area contributed by atoms with E-state index in [-0.39, 0.29) is 10.7 Å². The largest absolute Gasteiger partial charge is 0.334 e. The Labute approximate surface area is 129 Å². The predicted molar refractivity (Wildman–Crippen MR) is 81.4 cm³/mol. The fourth-order valence-corrected chi connectivity index (χ4v) is 2.26. The van der Waals surface area contributed by atoms with E-state index in [1.807, 2.05) is 24.3 Å². The number of anilines is 1. The van der Waals surface area contributed by atoms with Gasteiger partial charge in [0.25, 0.3) is 0 Å². The number of para-hydroxylation sites is 1. The van der Waals surface area contributed by atoms with Crippen molar-refractivity contribution < 1.29 is 9.18 Å². The first-order valence-electron chi connectivity index (χ1n) is 5.79. The summed E-state index contributed by atoms with van der Waals surface area (Å²) in [6, 6.07) is 11.2. The lowest BCUT2D eigenvalue weighted by Crippen LogP contribution is -2.28. The van der Waals surface area contributed by atoms with Crippen molar-refractivity contribution in [3.63, 3.8) is 0 Å². The molecule has 0 radical (unpaired) electrons. The summed E-state index contributed by atoms with van der Waals surface area (Å²) in [6.07, 6.45) is 0. The summed E-state index contributed by atoms with van der Waals surface area (Å²) in [5, 5.41) is 5.18. The van der Waals surface area contributed by atoms with Gasteiger partial charge in [0.05, 0.1) is 10.7 Å². The molecule has 0 spiro atoms. The van der Waals surface area contributed by atoms with Crippen molar-refractivity contribution >= 4 is 39.2 Å². The molecule has 2 aromatic carbocycles. The number of amides is 2. The Hall–Kier alpha value is -1.59. The zero-order valence-electron chi connectivity index (χ0n) is 10.3. The number of benzene rings is 2. The molecular weight excluding hydrogens is 347 g/mol. The van der Waals surface area contributed by atoms with Crippen molar-refractivity contribution in [3.8, 4) is 0 Å². The summed E-state index contributed by atoms with van der Waals surface area (Å²) in [5.74, 6) is -0.574. The minimum atomic E-state index is -0.574. The van der Waals surface area contributed by atoms with Gasteiger partial charge < -0.3 is 10.6 Å². The van der Waals surface area contributed by atoms with Crippen molar-refractivity contribution in [2.24, 2.45) is 0 Å². The van der Waals surface area contributed by atoms with E-state index in [4.69, 9.17) is 11.6 Å². The van der Waals surface area contributed by atoms with Crippen LogP contribution in [0.2, 0.25) is 5.02 Å². The van der Waals surface area contributed by atoms with Crippen LogP contribution in [0.25, 0.3) is 0 Å². The minimum Gasteiger partial charge on any atom is -0.334 e. The lowest BCUT2D eigenvalue weighted by Gasteiger charge is -2.10. The third-order valence-corrected chi connectivity index (χ3v) is 3.35. The van der Waals surface area contributed by atoms with Crippen molar-refractivity contribution in [2.45, 2.75) is 6.54 Å². The molecule has 0 atom stereocenters. The van der Waals surface area contributed by atoms with Crippen LogP contribution in [0.5, 0.6) is 0 Å². The van der Waals surface area contributed by atoms with Crippen molar-refractivity contribution in [3.05, 3.63) is 63.3 Å². The molecule has 0 aliphatic carbocycles. The Kier molecular flexibility index (Phi) is 4.98. The number of carbonyl (C=O) groups is 1. The van der Waals surface area contributed by atoms with Crippen LogP contribution in [0.4, 0.5) is 14.9 Å². The number of hydrogen-bond donors (Lipinski definition) is 2. The second-order valence-electron chi connectivity index (χ2n) is 4.03. The summed E-state index contributed by atoms with van der Waals surface area (Å²) in [5.41, 5.74) is 0.898. The first-order valence-corrected chi connectivity index (χ1v) is 6.96. The quantitative estimate of drug-likeness (QED) is 0.830. The summed E-state index contributed by atoms with van der Waals surface area (Å²) in [6.45, 7) is 0.331. The van der Waals surface area contributed by atoms with Crippen LogP contribution < -0.4 is 10.6 Å². The van der Waals surface area contributed by atoms with Gasteiger partial charge in [-0.2, -0.15) is 0 Å². The monoisotopic (exact) mass is 356 g/mol.